The molecule has 0 nitrogen and oxygen atoms in total. The summed E-state index contributed by atoms with van der Waals surface area (Å²) in [7, 11) is 0. The first-order valence-corrected chi connectivity index (χ1v) is 5.23. The summed E-state index contributed by atoms with van der Waals surface area (Å²) < 4.78 is 0. The van der Waals surface area contributed by atoms with Gasteiger partial charge in [0.15, 0.2) is 0 Å². The highest BCUT2D eigenvalue weighted by atomic mass is 32.2. The maximum Gasteiger partial charge on any atom is 0.0484 e. The lowest BCUT2D eigenvalue weighted by Gasteiger charge is -2.34. The van der Waals surface area contributed by atoms with E-state index in [-0.39, 0.29) is 0 Å². The van der Waals surface area contributed by atoms with Gasteiger partial charge < -0.3 is 0 Å². The van der Waals surface area contributed by atoms with Crippen LogP contribution in [-0.2, 0) is 0 Å². The van der Waals surface area contributed by atoms with Gasteiger partial charge in [0.1, 0.15) is 0 Å². The zero-order valence-corrected chi connectivity index (χ0v) is 7.12. The first-order chi connectivity index (χ1) is 4.97. The number of rotatable bonds is 0. The van der Waals surface area contributed by atoms with Crippen molar-refractivity contribution >= 4 is 11.8 Å². The van der Waals surface area contributed by atoms with Gasteiger partial charge in [-0.05, 0) is 31.6 Å². The number of fused-ring (bicyclic) bond motifs is 1. The second-order valence-corrected chi connectivity index (χ2v) is 4.51. The molecular formula is C9H14S. The molecule has 2 rings (SSSR count). The van der Waals surface area contributed by atoms with E-state index in [1.54, 1.807) is 0 Å². The molecule has 0 aromatic rings. The molecule has 1 aliphatic carbocycles. The molecule has 10 heavy (non-hydrogen) atoms. The predicted molar refractivity (Wildman–Crippen MR) is 45.8 cm³/mol. The lowest BCUT2D eigenvalue weighted by atomic mass is 9.85. The molecule has 2 aliphatic rings. The molecule has 0 amide bonds. The minimum absolute atomic E-state index is 0.961. The van der Waals surface area contributed by atoms with Gasteiger partial charge in [0, 0.05) is 11.0 Å². The van der Waals surface area contributed by atoms with Crippen LogP contribution in [0.25, 0.3) is 0 Å². The van der Waals surface area contributed by atoms with Crippen molar-refractivity contribution in [2.75, 3.05) is 0 Å². The molecule has 0 aromatic heterocycles. The van der Waals surface area contributed by atoms with Crippen LogP contribution in [0, 0.1) is 11.7 Å². The van der Waals surface area contributed by atoms with E-state index in [0.717, 1.165) is 11.2 Å². The Morgan fingerprint density at radius 2 is 2.00 bits per heavy atom. The van der Waals surface area contributed by atoms with Crippen molar-refractivity contribution in [1.82, 2.24) is 0 Å². The lowest BCUT2D eigenvalue weighted by molar-refractivity contribution is 0.345. The van der Waals surface area contributed by atoms with Crippen molar-refractivity contribution in [3.05, 3.63) is 5.75 Å². The lowest BCUT2D eigenvalue weighted by Crippen LogP contribution is -2.24. The molecule has 0 N–H and O–H groups in total. The fraction of sp³-hybridized carbons (Fsp3) is 0.889. The molecule has 0 spiro atoms. The highest BCUT2D eigenvalue weighted by molar-refractivity contribution is 8.01. The zero-order valence-electron chi connectivity index (χ0n) is 6.31. The zero-order chi connectivity index (χ0) is 6.81. The molecule has 2 fully saturated rings. The van der Waals surface area contributed by atoms with Gasteiger partial charge in [-0.15, -0.1) is 11.8 Å². The van der Waals surface area contributed by atoms with Crippen molar-refractivity contribution in [3.8, 4) is 0 Å². The van der Waals surface area contributed by atoms with Crippen molar-refractivity contribution in [2.45, 2.75) is 43.8 Å². The summed E-state index contributed by atoms with van der Waals surface area (Å²) in [4.78, 5) is 0. The Labute approximate surface area is 67.8 Å². The Morgan fingerprint density at radius 1 is 1.10 bits per heavy atom. The molecule has 1 heterocycles. The fourth-order valence-electron chi connectivity index (χ4n) is 2.07. The first kappa shape index (κ1) is 7.02. The monoisotopic (exact) mass is 154 g/mol. The average molecular weight is 154 g/mol. The highest BCUT2D eigenvalue weighted by Crippen LogP contribution is 2.41. The van der Waals surface area contributed by atoms with Crippen LogP contribution >= 0.6 is 11.8 Å². The van der Waals surface area contributed by atoms with Crippen molar-refractivity contribution < 1.29 is 0 Å². The molecule has 56 valence electrons. The van der Waals surface area contributed by atoms with E-state index in [1.165, 1.54) is 38.5 Å². The summed E-state index contributed by atoms with van der Waals surface area (Å²) in [5.74, 6) is 4.46. The summed E-state index contributed by atoms with van der Waals surface area (Å²) in [5, 5.41) is 0.961. The van der Waals surface area contributed by atoms with Crippen LogP contribution in [-0.4, -0.2) is 5.25 Å². The van der Waals surface area contributed by atoms with Crippen LogP contribution in [0.15, 0.2) is 0 Å². The Kier molecular flexibility index (Phi) is 2.22. The van der Waals surface area contributed by atoms with E-state index in [2.05, 4.69) is 5.75 Å². The molecule has 2 atom stereocenters. The largest absolute Gasteiger partial charge is 0.148 e. The standard InChI is InChI=1S/C9H14S/c1-2-6-9-8(4-1)5-3-7-10-9/h8-9H,1-6H2. The summed E-state index contributed by atoms with van der Waals surface area (Å²) >= 11 is 2.00. The maximum atomic E-state index is 3.40. The van der Waals surface area contributed by atoms with Gasteiger partial charge in [0.05, 0.1) is 0 Å². The van der Waals surface area contributed by atoms with Gasteiger partial charge in [-0.1, -0.05) is 12.8 Å². The van der Waals surface area contributed by atoms with Gasteiger partial charge in [-0.2, -0.15) is 0 Å². The number of hydrogen-bond donors (Lipinski definition) is 0. The molecule has 1 aliphatic heterocycles. The molecule has 2 unspecified atom stereocenters. The Morgan fingerprint density at radius 3 is 2.90 bits per heavy atom. The fourth-order valence-corrected chi connectivity index (χ4v) is 3.27. The Hall–Kier alpha value is 0.350. The van der Waals surface area contributed by atoms with Crippen LogP contribution < -0.4 is 0 Å². The topological polar surface area (TPSA) is 0 Å². The summed E-state index contributed by atoms with van der Waals surface area (Å²) in [6.07, 6.45) is 8.59. The van der Waals surface area contributed by atoms with Crippen LogP contribution in [0.5, 0.6) is 0 Å². The molecule has 2 radical (unpaired) electrons. The normalized spacial score (nSPS) is 40.8. The van der Waals surface area contributed by atoms with Crippen molar-refractivity contribution in [3.63, 3.8) is 0 Å². The van der Waals surface area contributed by atoms with Crippen molar-refractivity contribution in [2.24, 2.45) is 5.92 Å². The third-order valence-corrected chi connectivity index (χ3v) is 3.99. The Bertz CT molecular complexity index is 85.3. The molecule has 1 saturated heterocycles. The SMILES string of the molecule is [C]1CCC2CCCCC2S1. The van der Waals surface area contributed by atoms with E-state index < -0.39 is 0 Å². The van der Waals surface area contributed by atoms with Gasteiger partial charge in [0.25, 0.3) is 0 Å². The van der Waals surface area contributed by atoms with Gasteiger partial charge >= 0.3 is 0 Å². The van der Waals surface area contributed by atoms with Crippen LogP contribution in [0.3, 0.4) is 0 Å². The second kappa shape index (κ2) is 3.17. The minimum Gasteiger partial charge on any atom is -0.148 e. The van der Waals surface area contributed by atoms with Crippen LogP contribution in [0.4, 0.5) is 0 Å². The second-order valence-electron chi connectivity index (χ2n) is 3.38. The predicted octanol–water partition coefficient (Wildman–Crippen LogP) is 3.11. The van der Waals surface area contributed by atoms with Crippen LogP contribution in [0.2, 0.25) is 0 Å². The van der Waals surface area contributed by atoms with Gasteiger partial charge in [-0.3, -0.25) is 0 Å². The van der Waals surface area contributed by atoms with Crippen LogP contribution in [0.1, 0.15) is 38.5 Å². The first-order valence-electron chi connectivity index (χ1n) is 4.35. The minimum atomic E-state index is 0.961. The molecule has 0 aromatic carbocycles. The van der Waals surface area contributed by atoms with Gasteiger partial charge in [0.2, 0.25) is 0 Å². The summed E-state index contributed by atoms with van der Waals surface area (Å²) in [5.41, 5.74) is 0. The summed E-state index contributed by atoms with van der Waals surface area (Å²) in [6, 6.07) is 0. The quantitative estimate of drug-likeness (QED) is 0.516. The number of thioether (sulfide) groups is 1. The third-order valence-electron chi connectivity index (χ3n) is 2.69. The average Bonchev–Trinajstić information content (AvgIpc) is 2.05. The maximum absolute atomic E-state index is 3.40. The smallest absolute Gasteiger partial charge is 0.0484 e. The molecule has 1 heteroatoms. The molecule has 0 bridgehead atoms. The van der Waals surface area contributed by atoms with E-state index in [0.29, 0.717) is 0 Å². The van der Waals surface area contributed by atoms with Gasteiger partial charge in [-0.25, -0.2) is 0 Å². The summed E-state index contributed by atoms with van der Waals surface area (Å²) in [6.45, 7) is 0. The van der Waals surface area contributed by atoms with E-state index >= 15 is 0 Å². The third kappa shape index (κ3) is 1.34. The van der Waals surface area contributed by atoms with E-state index in [9.17, 15) is 0 Å². The highest BCUT2D eigenvalue weighted by Gasteiger charge is 2.27. The Balaban J connectivity index is 1.93. The molecular weight excluding hydrogens is 140 g/mol. The molecule has 1 saturated carbocycles. The van der Waals surface area contributed by atoms with E-state index in [4.69, 9.17) is 0 Å². The number of hydrogen-bond acceptors (Lipinski definition) is 1. The van der Waals surface area contributed by atoms with Crippen molar-refractivity contribution in [1.29, 1.82) is 0 Å². The van der Waals surface area contributed by atoms with E-state index in [1.807, 2.05) is 11.8 Å².